The van der Waals surface area contributed by atoms with Crippen molar-refractivity contribution in [3.05, 3.63) is 60.2 Å². The molecule has 1 atom stereocenters. The fraction of sp³-hybridized carbons (Fsp3) is 0.458. The second-order valence-corrected chi connectivity index (χ2v) is 7.40. The Morgan fingerprint density at radius 2 is 1.93 bits per heavy atom. The lowest BCUT2D eigenvalue weighted by Crippen LogP contribution is -2.40. The summed E-state index contributed by atoms with van der Waals surface area (Å²) >= 11 is 0. The van der Waals surface area contributed by atoms with E-state index < -0.39 is 0 Å². The second-order valence-electron chi connectivity index (χ2n) is 7.40. The number of guanidine groups is 1. The first-order valence-electron chi connectivity index (χ1n) is 10.7. The number of aliphatic imine (C=N–C) groups is 1. The highest BCUT2D eigenvalue weighted by atomic mass is 16.5. The first-order chi connectivity index (χ1) is 14.8. The van der Waals surface area contributed by atoms with Crippen molar-refractivity contribution in [1.82, 2.24) is 10.2 Å². The zero-order valence-corrected chi connectivity index (χ0v) is 18.0. The van der Waals surface area contributed by atoms with Crippen LogP contribution in [-0.4, -0.2) is 57.4 Å². The molecule has 2 aromatic rings. The molecular weight excluding hydrogens is 378 g/mol. The molecule has 1 aliphatic rings. The number of nitrogens with zero attached hydrogens (tertiary/aromatic N) is 2. The number of rotatable bonds is 10. The van der Waals surface area contributed by atoms with Crippen LogP contribution in [0.4, 0.5) is 0 Å². The van der Waals surface area contributed by atoms with E-state index in [0.717, 1.165) is 55.7 Å². The van der Waals surface area contributed by atoms with Gasteiger partial charge in [0.1, 0.15) is 11.5 Å². The monoisotopic (exact) mass is 411 g/mol. The lowest BCUT2D eigenvalue weighted by molar-refractivity contribution is 0.0536. The summed E-state index contributed by atoms with van der Waals surface area (Å²) in [4.78, 5) is 7.20. The van der Waals surface area contributed by atoms with Gasteiger partial charge < -0.3 is 24.4 Å². The van der Waals surface area contributed by atoms with Gasteiger partial charge in [0, 0.05) is 32.7 Å². The quantitative estimate of drug-likeness (QED) is 0.365. The molecule has 1 unspecified atom stereocenters. The van der Waals surface area contributed by atoms with E-state index in [4.69, 9.17) is 19.2 Å². The van der Waals surface area contributed by atoms with Crippen LogP contribution in [0.25, 0.3) is 0 Å². The van der Waals surface area contributed by atoms with E-state index >= 15 is 0 Å². The molecule has 0 saturated carbocycles. The Hall–Kier alpha value is -2.57. The van der Waals surface area contributed by atoms with Gasteiger partial charge in [-0.3, -0.25) is 0 Å². The smallest absolute Gasteiger partial charge is 0.194 e. The molecule has 3 rings (SSSR count). The minimum absolute atomic E-state index is 0.535. The van der Waals surface area contributed by atoms with Gasteiger partial charge in [-0.05, 0) is 43.2 Å². The summed E-state index contributed by atoms with van der Waals surface area (Å²) in [6.07, 6.45) is 1.12. The maximum Gasteiger partial charge on any atom is 0.194 e. The molecule has 0 spiro atoms. The molecule has 1 saturated heterocycles. The van der Waals surface area contributed by atoms with Crippen LogP contribution in [0.5, 0.6) is 11.5 Å². The number of benzene rings is 2. The number of nitrogens with one attached hydrogen (secondary N) is 1. The molecule has 6 nitrogen and oxygen atoms in total. The summed E-state index contributed by atoms with van der Waals surface area (Å²) < 4.78 is 16.7. The lowest BCUT2D eigenvalue weighted by atomic mass is 10.1. The molecule has 0 aliphatic carbocycles. The van der Waals surface area contributed by atoms with Crippen LogP contribution < -0.4 is 10.1 Å². The van der Waals surface area contributed by atoms with E-state index in [1.54, 1.807) is 7.11 Å². The van der Waals surface area contributed by atoms with Crippen LogP contribution >= 0.6 is 0 Å². The maximum atomic E-state index is 5.94. The molecule has 0 radical (unpaired) electrons. The number of para-hydroxylation sites is 1. The average molecular weight is 412 g/mol. The van der Waals surface area contributed by atoms with Gasteiger partial charge in [0.05, 0.1) is 26.4 Å². The van der Waals surface area contributed by atoms with E-state index in [9.17, 15) is 0 Å². The summed E-state index contributed by atoms with van der Waals surface area (Å²) in [6, 6.07) is 18.0. The fourth-order valence-electron chi connectivity index (χ4n) is 3.48. The maximum absolute atomic E-state index is 5.94. The predicted octanol–water partition coefficient (Wildman–Crippen LogP) is 3.93. The van der Waals surface area contributed by atoms with Crippen molar-refractivity contribution in [3.63, 3.8) is 0 Å². The highest BCUT2D eigenvalue weighted by molar-refractivity contribution is 5.80. The van der Waals surface area contributed by atoms with Crippen molar-refractivity contribution in [1.29, 1.82) is 0 Å². The molecule has 30 heavy (non-hydrogen) atoms. The summed E-state index contributed by atoms with van der Waals surface area (Å²) in [7, 11) is 1.70. The van der Waals surface area contributed by atoms with Crippen molar-refractivity contribution >= 4 is 5.96 Å². The average Bonchev–Trinajstić information content (AvgIpc) is 3.24. The molecule has 0 bridgehead atoms. The van der Waals surface area contributed by atoms with Crippen LogP contribution in [0, 0.1) is 5.92 Å². The third-order valence-corrected chi connectivity index (χ3v) is 4.99. The standard InChI is InChI=1S/C24H33N3O3/c1-3-25-24(27-13-12-21(18-27)19-29-15-14-28-2)26-17-20-8-7-11-23(16-20)30-22-9-5-4-6-10-22/h4-11,16,21H,3,12-15,17-19H2,1-2H3,(H,25,26). The summed E-state index contributed by atoms with van der Waals surface area (Å²) in [5.74, 6) is 3.16. The molecular formula is C24H33N3O3. The fourth-order valence-corrected chi connectivity index (χ4v) is 3.48. The van der Waals surface area contributed by atoms with Gasteiger partial charge in [0.2, 0.25) is 0 Å². The summed E-state index contributed by atoms with van der Waals surface area (Å²) in [5.41, 5.74) is 1.12. The van der Waals surface area contributed by atoms with Crippen LogP contribution in [0.3, 0.4) is 0 Å². The Bertz CT molecular complexity index is 782. The lowest BCUT2D eigenvalue weighted by Gasteiger charge is -2.21. The number of likely N-dealkylation sites (tertiary alicyclic amines) is 1. The number of hydrogen-bond donors (Lipinski definition) is 1. The van der Waals surface area contributed by atoms with Crippen LogP contribution in [-0.2, 0) is 16.0 Å². The molecule has 2 aromatic carbocycles. The predicted molar refractivity (Wildman–Crippen MR) is 120 cm³/mol. The zero-order valence-electron chi connectivity index (χ0n) is 18.0. The highest BCUT2D eigenvalue weighted by Crippen LogP contribution is 2.22. The van der Waals surface area contributed by atoms with Crippen molar-refractivity contribution in [2.45, 2.75) is 19.9 Å². The van der Waals surface area contributed by atoms with E-state index in [2.05, 4.69) is 29.3 Å². The largest absolute Gasteiger partial charge is 0.457 e. The normalized spacial score (nSPS) is 16.7. The van der Waals surface area contributed by atoms with Gasteiger partial charge >= 0.3 is 0 Å². The van der Waals surface area contributed by atoms with Gasteiger partial charge in [-0.2, -0.15) is 0 Å². The van der Waals surface area contributed by atoms with Gasteiger partial charge in [-0.25, -0.2) is 4.99 Å². The van der Waals surface area contributed by atoms with Crippen LogP contribution in [0.15, 0.2) is 59.6 Å². The first kappa shape index (κ1) is 22.1. The van der Waals surface area contributed by atoms with Gasteiger partial charge in [0.25, 0.3) is 0 Å². The van der Waals surface area contributed by atoms with E-state index in [-0.39, 0.29) is 0 Å². The molecule has 1 aliphatic heterocycles. The van der Waals surface area contributed by atoms with E-state index in [1.165, 1.54) is 0 Å². The van der Waals surface area contributed by atoms with E-state index in [1.807, 2.05) is 42.5 Å². The van der Waals surface area contributed by atoms with E-state index in [0.29, 0.717) is 25.7 Å². The Morgan fingerprint density at radius 1 is 1.10 bits per heavy atom. The van der Waals surface area contributed by atoms with Gasteiger partial charge in [0.15, 0.2) is 5.96 Å². The Labute approximate surface area is 179 Å². The second kappa shape index (κ2) is 12.2. The number of methoxy groups -OCH3 is 1. The highest BCUT2D eigenvalue weighted by Gasteiger charge is 2.24. The van der Waals surface area contributed by atoms with Gasteiger partial charge in [-0.15, -0.1) is 0 Å². The molecule has 6 heteroatoms. The minimum atomic E-state index is 0.535. The summed E-state index contributed by atoms with van der Waals surface area (Å²) in [5, 5.41) is 3.43. The first-order valence-corrected chi connectivity index (χ1v) is 10.7. The van der Waals surface area contributed by atoms with Crippen molar-refractivity contribution < 1.29 is 14.2 Å². The zero-order chi connectivity index (χ0) is 21.0. The van der Waals surface area contributed by atoms with Crippen LogP contribution in [0.2, 0.25) is 0 Å². The Balaban J connectivity index is 1.56. The Kier molecular flexibility index (Phi) is 9.00. The topological polar surface area (TPSA) is 55.3 Å². The molecule has 0 amide bonds. The Morgan fingerprint density at radius 3 is 2.73 bits per heavy atom. The van der Waals surface area contributed by atoms with Crippen molar-refractivity contribution in [3.8, 4) is 11.5 Å². The molecule has 1 fully saturated rings. The SMILES string of the molecule is CCNC(=NCc1cccc(Oc2ccccc2)c1)N1CCC(COCCOC)C1. The third-order valence-electron chi connectivity index (χ3n) is 4.99. The van der Waals surface area contributed by atoms with Gasteiger partial charge in [-0.1, -0.05) is 30.3 Å². The third kappa shape index (κ3) is 7.04. The summed E-state index contributed by atoms with van der Waals surface area (Å²) in [6.45, 7) is 7.61. The molecule has 1 N–H and O–H groups in total. The minimum Gasteiger partial charge on any atom is -0.457 e. The molecule has 162 valence electrons. The van der Waals surface area contributed by atoms with Crippen molar-refractivity contribution in [2.24, 2.45) is 10.9 Å². The molecule has 0 aromatic heterocycles. The van der Waals surface area contributed by atoms with Crippen LogP contribution in [0.1, 0.15) is 18.9 Å². The molecule has 1 heterocycles. The number of ether oxygens (including phenoxy) is 3. The number of hydrogen-bond acceptors (Lipinski definition) is 4. The van der Waals surface area contributed by atoms with Crippen molar-refractivity contribution in [2.75, 3.05) is 46.6 Å².